The van der Waals surface area contributed by atoms with E-state index in [1.165, 1.54) is 23.1 Å². The van der Waals surface area contributed by atoms with E-state index in [-0.39, 0.29) is 5.75 Å². The summed E-state index contributed by atoms with van der Waals surface area (Å²) in [5, 5.41) is 0. The first-order valence-electron chi connectivity index (χ1n) is 7.61. The van der Waals surface area contributed by atoms with E-state index >= 15 is 0 Å². The molecular formula is C16H19FN2O5. The number of amides is 2. The summed E-state index contributed by atoms with van der Waals surface area (Å²) in [5.41, 5.74) is 5.28. The Morgan fingerprint density at radius 1 is 1.21 bits per heavy atom. The average molecular weight is 338 g/mol. The standard InChI is InChI=1S/C16H19FN2O5/c17-11-5-1-2-7-13(11)23-10-15(21)24-9-14(20)19-8-4-3-6-12(19)16(18)22/h1-2,5,7,12H,3-4,6,8-10H2,(H2,18,22)/t12-/m1/s1. The Balaban J connectivity index is 1.79. The van der Waals surface area contributed by atoms with Crippen molar-refractivity contribution in [2.24, 2.45) is 5.73 Å². The van der Waals surface area contributed by atoms with Crippen LogP contribution in [0.5, 0.6) is 5.75 Å². The highest BCUT2D eigenvalue weighted by atomic mass is 19.1. The van der Waals surface area contributed by atoms with Gasteiger partial charge in [0.15, 0.2) is 24.8 Å². The highest BCUT2D eigenvalue weighted by molar-refractivity contribution is 5.88. The Kier molecular flexibility index (Phi) is 6.11. The fourth-order valence-corrected chi connectivity index (χ4v) is 2.49. The second-order valence-electron chi connectivity index (χ2n) is 5.38. The van der Waals surface area contributed by atoms with Crippen molar-refractivity contribution in [1.82, 2.24) is 4.90 Å². The van der Waals surface area contributed by atoms with Crippen LogP contribution in [0.1, 0.15) is 19.3 Å². The van der Waals surface area contributed by atoms with Crippen LogP contribution in [0.3, 0.4) is 0 Å². The molecule has 7 nitrogen and oxygen atoms in total. The normalized spacial score (nSPS) is 17.2. The second kappa shape index (κ2) is 8.28. The van der Waals surface area contributed by atoms with Gasteiger partial charge in [-0.15, -0.1) is 0 Å². The monoisotopic (exact) mass is 338 g/mol. The maximum atomic E-state index is 13.3. The minimum Gasteiger partial charge on any atom is -0.479 e. The van der Waals surface area contributed by atoms with E-state index < -0.39 is 42.9 Å². The molecule has 0 radical (unpaired) electrons. The number of benzene rings is 1. The number of carbonyl (C=O) groups excluding carboxylic acids is 3. The van der Waals surface area contributed by atoms with Gasteiger partial charge in [0, 0.05) is 6.54 Å². The fourth-order valence-electron chi connectivity index (χ4n) is 2.49. The van der Waals surface area contributed by atoms with Gasteiger partial charge in [-0.1, -0.05) is 12.1 Å². The number of carbonyl (C=O) groups is 3. The van der Waals surface area contributed by atoms with Gasteiger partial charge < -0.3 is 20.1 Å². The Morgan fingerprint density at radius 2 is 1.96 bits per heavy atom. The number of hydrogen-bond donors (Lipinski definition) is 1. The number of rotatable bonds is 6. The molecule has 2 N–H and O–H groups in total. The van der Waals surface area contributed by atoms with E-state index in [0.717, 1.165) is 12.8 Å². The van der Waals surface area contributed by atoms with Crippen LogP contribution in [0.15, 0.2) is 24.3 Å². The molecule has 0 unspecified atom stereocenters. The zero-order chi connectivity index (χ0) is 17.5. The zero-order valence-electron chi connectivity index (χ0n) is 13.1. The molecule has 1 aromatic rings. The fraction of sp³-hybridized carbons (Fsp3) is 0.438. The maximum absolute atomic E-state index is 13.3. The molecule has 1 aliphatic heterocycles. The molecule has 0 saturated carbocycles. The third-order valence-electron chi connectivity index (χ3n) is 3.69. The minimum absolute atomic E-state index is 0.0781. The highest BCUT2D eigenvalue weighted by Crippen LogP contribution is 2.17. The summed E-state index contributed by atoms with van der Waals surface area (Å²) in [6.45, 7) is -0.633. The first kappa shape index (κ1) is 17.7. The van der Waals surface area contributed by atoms with Crippen LogP contribution in [0.4, 0.5) is 4.39 Å². The minimum atomic E-state index is -0.806. The second-order valence-corrected chi connectivity index (χ2v) is 5.38. The van der Waals surface area contributed by atoms with Gasteiger partial charge in [-0.05, 0) is 31.4 Å². The molecule has 1 saturated heterocycles. The summed E-state index contributed by atoms with van der Waals surface area (Å²) in [7, 11) is 0. The smallest absolute Gasteiger partial charge is 0.344 e. The lowest BCUT2D eigenvalue weighted by Crippen LogP contribution is -2.51. The number of piperidine rings is 1. The van der Waals surface area contributed by atoms with Crippen molar-refractivity contribution in [3.8, 4) is 5.75 Å². The largest absolute Gasteiger partial charge is 0.479 e. The van der Waals surface area contributed by atoms with E-state index in [1.807, 2.05) is 0 Å². The summed E-state index contributed by atoms with van der Waals surface area (Å²) >= 11 is 0. The van der Waals surface area contributed by atoms with E-state index in [4.69, 9.17) is 15.2 Å². The van der Waals surface area contributed by atoms with Crippen molar-refractivity contribution in [2.45, 2.75) is 25.3 Å². The molecule has 1 atom stereocenters. The van der Waals surface area contributed by atoms with Crippen LogP contribution in [-0.2, 0) is 19.1 Å². The first-order valence-corrected chi connectivity index (χ1v) is 7.61. The van der Waals surface area contributed by atoms with Crippen molar-refractivity contribution in [2.75, 3.05) is 19.8 Å². The van der Waals surface area contributed by atoms with E-state index in [9.17, 15) is 18.8 Å². The molecule has 0 spiro atoms. The average Bonchev–Trinajstić information content (AvgIpc) is 2.59. The molecule has 1 heterocycles. The van der Waals surface area contributed by atoms with Crippen molar-refractivity contribution in [1.29, 1.82) is 0 Å². The van der Waals surface area contributed by atoms with Gasteiger partial charge in [-0.2, -0.15) is 0 Å². The molecular weight excluding hydrogens is 319 g/mol. The SMILES string of the molecule is NC(=O)[C@H]1CCCCN1C(=O)COC(=O)COc1ccccc1F. The summed E-state index contributed by atoms with van der Waals surface area (Å²) in [5.74, 6) is -2.54. The Bertz CT molecular complexity index is 622. The number of hydrogen-bond acceptors (Lipinski definition) is 5. The summed E-state index contributed by atoms with van der Waals surface area (Å²) in [4.78, 5) is 36.4. The van der Waals surface area contributed by atoms with Crippen molar-refractivity contribution in [3.05, 3.63) is 30.1 Å². The van der Waals surface area contributed by atoms with Crippen LogP contribution in [0, 0.1) is 5.82 Å². The Morgan fingerprint density at radius 3 is 2.67 bits per heavy atom. The van der Waals surface area contributed by atoms with Gasteiger partial charge in [0.1, 0.15) is 6.04 Å². The maximum Gasteiger partial charge on any atom is 0.344 e. The molecule has 2 rings (SSSR count). The van der Waals surface area contributed by atoms with E-state index in [2.05, 4.69) is 0 Å². The van der Waals surface area contributed by atoms with Gasteiger partial charge in [-0.3, -0.25) is 9.59 Å². The van der Waals surface area contributed by atoms with Crippen LogP contribution in [-0.4, -0.2) is 48.5 Å². The van der Waals surface area contributed by atoms with E-state index in [1.54, 1.807) is 6.07 Å². The predicted octanol–water partition coefficient (Wildman–Crippen LogP) is 0.614. The Labute approximate surface area is 138 Å². The summed E-state index contributed by atoms with van der Waals surface area (Å²) < 4.78 is 23.1. The van der Waals surface area contributed by atoms with Gasteiger partial charge in [0.2, 0.25) is 5.91 Å². The molecule has 0 bridgehead atoms. The molecule has 1 aromatic carbocycles. The number of primary amides is 1. The molecule has 2 amide bonds. The van der Waals surface area contributed by atoms with Crippen LogP contribution < -0.4 is 10.5 Å². The van der Waals surface area contributed by atoms with Crippen LogP contribution in [0.25, 0.3) is 0 Å². The lowest BCUT2D eigenvalue weighted by Gasteiger charge is -2.33. The summed E-state index contributed by atoms with van der Waals surface area (Å²) in [6, 6.07) is 4.96. The van der Waals surface area contributed by atoms with Crippen molar-refractivity contribution >= 4 is 17.8 Å². The lowest BCUT2D eigenvalue weighted by molar-refractivity contribution is -0.156. The lowest BCUT2D eigenvalue weighted by atomic mass is 10.0. The number of nitrogens with zero attached hydrogens (tertiary/aromatic N) is 1. The zero-order valence-corrected chi connectivity index (χ0v) is 13.1. The molecule has 1 fully saturated rings. The predicted molar refractivity (Wildman–Crippen MR) is 81.4 cm³/mol. The van der Waals surface area contributed by atoms with E-state index in [0.29, 0.717) is 13.0 Å². The van der Waals surface area contributed by atoms with Crippen LogP contribution >= 0.6 is 0 Å². The van der Waals surface area contributed by atoms with Crippen molar-refractivity contribution < 1.29 is 28.2 Å². The highest BCUT2D eigenvalue weighted by Gasteiger charge is 2.30. The Hall–Kier alpha value is -2.64. The molecule has 130 valence electrons. The van der Waals surface area contributed by atoms with Gasteiger partial charge in [0.05, 0.1) is 0 Å². The molecule has 24 heavy (non-hydrogen) atoms. The number of esters is 1. The van der Waals surface area contributed by atoms with Gasteiger partial charge in [0.25, 0.3) is 5.91 Å². The van der Waals surface area contributed by atoms with Gasteiger partial charge >= 0.3 is 5.97 Å². The number of likely N-dealkylation sites (tertiary alicyclic amines) is 1. The van der Waals surface area contributed by atoms with Gasteiger partial charge in [-0.25, -0.2) is 9.18 Å². The third kappa shape index (κ3) is 4.68. The third-order valence-corrected chi connectivity index (χ3v) is 3.69. The molecule has 1 aliphatic rings. The number of ether oxygens (including phenoxy) is 2. The molecule has 8 heteroatoms. The molecule has 0 aromatic heterocycles. The topological polar surface area (TPSA) is 98.9 Å². The number of nitrogens with two attached hydrogens (primary N) is 1. The quantitative estimate of drug-likeness (QED) is 0.767. The first-order chi connectivity index (χ1) is 11.5. The molecule has 0 aliphatic carbocycles. The number of halogens is 1. The summed E-state index contributed by atoms with van der Waals surface area (Å²) in [6.07, 6.45) is 2.08. The van der Waals surface area contributed by atoms with Crippen molar-refractivity contribution in [3.63, 3.8) is 0 Å². The van der Waals surface area contributed by atoms with Crippen LogP contribution in [0.2, 0.25) is 0 Å². The number of para-hydroxylation sites is 1.